The summed E-state index contributed by atoms with van der Waals surface area (Å²) >= 11 is 4.50. The summed E-state index contributed by atoms with van der Waals surface area (Å²) < 4.78 is 22.0. The topological polar surface area (TPSA) is 118 Å². The molecule has 2 aromatic rings. The van der Waals surface area contributed by atoms with Gasteiger partial charge < -0.3 is 20.5 Å². The van der Waals surface area contributed by atoms with Gasteiger partial charge in [-0.1, -0.05) is 0 Å². The van der Waals surface area contributed by atoms with E-state index in [2.05, 4.69) is 36.6 Å². The van der Waals surface area contributed by atoms with Crippen molar-refractivity contribution < 1.29 is 23.8 Å². The first-order chi connectivity index (χ1) is 12.8. The summed E-state index contributed by atoms with van der Waals surface area (Å²) in [5.41, 5.74) is 1.29. The van der Waals surface area contributed by atoms with E-state index >= 15 is 0 Å². The summed E-state index contributed by atoms with van der Waals surface area (Å²) in [6.45, 7) is -0.257. The van der Waals surface area contributed by atoms with Crippen molar-refractivity contribution in [1.82, 2.24) is 20.1 Å². The molecule has 0 bridgehead atoms. The van der Waals surface area contributed by atoms with Crippen molar-refractivity contribution in [2.24, 2.45) is 7.05 Å². The van der Waals surface area contributed by atoms with Crippen LogP contribution in [0.5, 0.6) is 0 Å². The maximum absolute atomic E-state index is 14.2. The Labute approximate surface area is 166 Å². The third-order valence-electron chi connectivity index (χ3n) is 4.19. The molecule has 0 unspecified atom stereocenters. The molecule has 1 fully saturated rings. The molecule has 146 valence electrons. The molecule has 27 heavy (non-hydrogen) atoms. The van der Waals surface area contributed by atoms with E-state index in [1.165, 1.54) is 17.5 Å². The van der Waals surface area contributed by atoms with Gasteiger partial charge in [0.15, 0.2) is 3.92 Å². The highest BCUT2D eigenvalue weighted by Gasteiger charge is 2.32. The first-order valence-corrected chi connectivity index (χ1v) is 9.71. The predicted molar refractivity (Wildman–Crippen MR) is 98.7 cm³/mol. The number of halogens is 2. The summed E-state index contributed by atoms with van der Waals surface area (Å²) in [6, 6.07) is -0.842. The average molecular weight is 462 g/mol. The highest BCUT2D eigenvalue weighted by Crippen LogP contribution is 2.33. The summed E-state index contributed by atoms with van der Waals surface area (Å²) in [5, 5.41) is 19.5. The van der Waals surface area contributed by atoms with Crippen LogP contribution in [-0.4, -0.2) is 50.7 Å². The highest BCUT2D eigenvalue weighted by atomic mass is 79.9. The summed E-state index contributed by atoms with van der Waals surface area (Å²) in [7, 11) is 1.69. The van der Waals surface area contributed by atoms with E-state index in [0.717, 1.165) is 0 Å². The molecule has 12 heteroatoms. The number of carboxylic acid groups (broad SMARTS) is 1. The third-order valence-corrected chi connectivity index (χ3v) is 5.55. The minimum absolute atomic E-state index is 0.257. The highest BCUT2D eigenvalue weighted by molar-refractivity contribution is 9.11. The van der Waals surface area contributed by atoms with E-state index in [-0.39, 0.29) is 18.7 Å². The van der Waals surface area contributed by atoms with E-state index in [4.69, 9.17) is 9.84 Å². The first kappa shape index (κ1) is 19.7. The average Bonchev–Trinajstić information content (AvgIpc) is 3.15. The molecule has 3 heterocycles. The lowest BCUT2D eigenvalue weighted by molar-refractivity contribution is 0.0233. The monoisotopic (exact) mass is 461 g/mol. The Kier molecular flexibility index (Phi) is 6.07. The summed E-state index contributed by atoms with van der Waals surface area (Å²) in [4.78, 5) is 27.2. The van der Waals surface area contributed by atoms with Gasteiger partial charge in [0.25, 0.3) is 5.91 Å². The van der Waals surface area contributed by atoms with Crippen molar-refractivity contribution in [2.45, 2.75) is 31.2 Å². The molecule has 2 amide bonds. The molecule has 3 atom stereocenters. The Bertz CT molecular complexity index is 844. The van der Waals surface area contributed by atoms with Crippen LogP contribution >= 0.6 is 27.3 Å². The van der Waals surface area contributed by atoms with E-state index in [1.807, 2.05) is 0 Å². The molecule has 0 saturated carbocycles. The Morgan fingerprint density at radius 3 is 2.93 bits per heavy atom. The van der Waals surface area contributed by atoms with Gasteiger partial charge in [-0.15, -0.1) is 11.3 Å². The van der Waals surface area contributed by atoms with E-state index < -0.39 is 30.3 Å². The van der Waals surface area contributed by atoms with Crippen LogP contribution in [0.25, 0.3) is 0 Å². The third kappa shape index (κ3) is 4.62. The van der Waals surface area contributed by atoms with Crippen LogP contribution in [0.4, 0.5) is 14.9 Å². The minimum atomic E-state index is -1.45. The van der Waals surface area contributed by atoms with Gasteiger partial charge in [-0.05, 0) is 28.8 Å². The van der Waals surface area contributed by atoms with Crippen LogP contribution in [0, 0.1) is 0 Å². The molecule has 0 aliphatic carbocycles. The number of carbonyl (C=O) groups is 2. The number of hydrogen-bond donors (Lipinski definition) is 3. The molecule has 0 aromatic carbocycles. The van der Waals surface area contributed by atoms with Crippen molar-refractivity contribution in [3.05, 3.63) is 26.9 Å². The quantitative estimate of drug-likeness (QED) is 0.643. The molecule has 0 radical (unpaired) electrons. The fourth-order valence-electron chi connectivity index (χ4n) is 2.92. The number of anilines is 1. The molecule has 2 aromatic heterocycles. The van der Waals surface area contributed by atoms with Gasteiger partial charge >= 0.3 is 6.09 Å². The van der Waals surface area contributed by atoms with Crippen molar-refractivity contribution in [3.63, 3.8) is 0 Å². The fraction of sp³-hybridized carbons (Fsp3) is 0.467. The van der Waals surface area contributed by atoms with Crippen molar-refractivity contribution in [1.29, 1.82) is 0 Å². The number of thiazole rings is 1. The lowest BCUT2D eigenvalue weighted by atomic mass is 10.0. The molecule has 1 aliphatic rings. The Balaban J connectivity index is 1.76. The molecule has 1 saturated heterocycles. The number of carbonyl (C=O) groups excluding carboxylic acids is 1. The van der Waals surface area contributed by atoms with Crippen LogP contribution in [0.3, 0.4) is 0 Å². The van der Waals surface area contributed by atoms with Crippen LogP contribution in [0.2, 0.25) is 0 Å². The number of rotatable bonds is 4. The second kappa shape index (κ2) is 8.31. The number of aryl methyl sites for hydroxylation is 1. The molecule has 9 nitrogen and oxygen atoms in total. The number of nitrogens with one attached hydrogen (secondary N) is 2. The number of hydrogen-bond acceptors (Lipinski definition) is 6. The van der Waals surface area contributed by atoms with Crippen LogP contribution in [-0.2, 0) is 11.8 Å². The standard InChI is InChI=1S/C15H17BrFN5O4S/c1-22-12(11-3-2-8(21-15(24)25)7(17)5-26-11)9(4-18-22)19-13(23)10-6-27-14(16)20-10/h4,6-8,11,21H,2-3,5H2,1H3,(H,19,23)(H,24,25)/t7-,8-,11+/m1/s1. The van der Waals surface area contributed by atoms with Gasteiger partial charge in [0.05, 0.1) is 30.2 Å². The molecule has 3 N–H and O–H groups in total. The second-order valence-corrected chi connectivity index (χ2v) is 8.11. The van der Waals surface area contributed by atoms with Gasteiger partial charge in [-0.2, -0.15) is 5.10 Å². The SMILES string of the molecule is Cn1ncc(NC(=O)c2csc(Br)n2)c1[C@@H]1CC[C@@H](NC(=O)O)[C@H](F)CO1. The zero-order valence-electron chi connectivity index (χ0n) is 14.2. The molecular formula is C15H17BrFN5O4S. The van der Waals surface area contributed by atoms with Gasteiger partial charge in [0.1, 0.15) is 18.0 Å². The Morgan fingerprint density at radius 1 is 1.48 bits per heavy atom. The van der Waals surface area contributed by atoms with Crippen LogP contribution in [0.1, 0.15) is 35.1 Å². The number of aromatic nitrogens is 3. The predicted octanol–water partition coefficient (Wildman–Crippen LogP) is 2.72. The maximum atomic E-state index is 14.2. The Morgan fingerprint density at radius 2 is 2.26 bits per heavy atom. The zero-order chi connectivity index (χ0) is 19.6. The number of amides is 2. The number of alkyl halides is 1. The van der Waals surface area contributed by atoms with Gasteiger partial charge in [-0.25, -0.2) is 14.2 Å². The molecule has 1 aliphatic heterocycles. The van der Waals surface area contributed by atoms with Crippen molar-refractivity contribution >= 4 is 45.0 Å². The summed E-state index contributed by atoms with van der Waals surface area (Å²) in [5.74, 6) is -0.395. The van der Waals surface area contributed by atoms with Gasteiger partial charge in [0.2, 0.25) is 0 Å². The molecular weight excluding hydrogens is 445 g/mol. The van der Waals surface area contributed by atoms with Crippen molar-refractivity contribution in [2.75, 3.05) is 11.9 Å². The molecule has 0 spiro atoms. The number of ether oxygens (including phenoxy) is 1. The maximum Gasteiger partial charge on any atom is 0.404 e. The van der Waals surface area contributed by atoms with E-state index in [9.17, 15) is 14.0 Å². The van der Waals surface area contributed by atoms with E-state index in [0.29, 0.717) is 21.7 Å². The Hall–Kier alpha value is -2.05. The lowest BCUT2D eigenvalue weighted by Crippen LogP contribution is -2.41. The van der Waals surface area contributed by atoms with Gasteiger partial charge in [0, 0.05) is 12.4 Å². The minimum Gasteiger partial charge on any atom is -0.465 e. The van der Waals surface area contributed by atoms with Gasteiger partial charge in [-0.3, -0.25) is 9.48 Å². The lowest BCUT2D eigenvalue weighted by Gasteiger charge is -2.17. The first-order valence-electron chi connectivity index (χ1n) is 8.04. The van der Waals surface area contributed by atoms with Crippen LogP contribution < -0.4 is 10.6 Å². The largest absolute Gasteiger partial charge is 0.465 e. The van der Waals surface area contributed by atoms with Crippen LogP contribution in [0.15, 0.2) is 15.5 Å². The number of nitrogens with zero attached hydrogens (tertiary/aromatic N) is 3. The van der Waals surface area contributed by atoms with Crippen molar-refractivity contribution in [3.8, 4) is 0 Å². The van der Waals surface area contributed by atoms with E-state index in [1.54, 1.807) is 17.1 Å². The fourth-order valence-corrected chi connectivity index (χ4v) is 3.91. The summed E-state index contributed by atoms with van der Waals surface area (Å²) in [6.07, 6.45) is -1.14. The zero-order valence-corrected chi connectivity index (χ0v) is 16.6. The normalized spacial score (nSPS) is 22.9. The second-order valence-electron chi connectivity index (χ2n) is 5.98. The smallest absolute Gasteiger partial charge is 0.404 e. The molecule has 3 rings (SSSR count).